The first-order valence-corrected chi connectivity index (χ1v) is 7.47. The number of para-hydroxylation sites is 1. The van der Waals surface area contributed by atoms with Crippen LogP contribution in [0.25, 0.3) is 6.08 Å². The lowest BCUT2D eigenvalue weighted by molar-refractivity contribution is -0.111. The molecule has 0 spiro atoms. The van der Waals surface area contributed by atoms with Crippen LogP contribution >= 0.6 is 0 Å². The zero-order valence-electron chi connectivity index (χ0n) is 13.6. The average molecular weight is 311 g/mol. The lowest BCUT2D eigenvalue weighted by Crippen LogP contribution is -2.08. The van der Waals surface area contributed by atoms with Crippen molar-refractivity contribution in [1.82, 2.24) is 0 Å². The average Bonchev–Trinajstić information content (AvgIpc) is 2.54. The Labute approximate surface area is 136 Å². The van der Waals surface area contributed by atoms with Crippen molar-refractivity contribution in [3.05, 3.63) is 60.2 Å². The summed E-state index contributed by atoms with van der Waals surface area (Å²) in [7, 11) is 1.60. The minimum atomic E-state index is -0.201. The van der Waals surface area contributed by atoms with Gasteiger partial charge in [-0.25, -0.2) is 0 Å². The Kier molecular flexibility index (Phi) is 5.80. The van der Waals surface area contributed by atoms with Crippen molar-refractivity contribution >= 4 is 17.7 Å². The Morgan fingerprint density at radius 1 is 1.09 bits per heavy atom. The number of hydrogen-bond acceptors (Lipinski definition) is 3. The molecular formula is C19H21NO3. The van der Waals surface area contributed by atoms with E-state index in [2.05, 4.69) is 5.32 Å². The second-order valence-electron chi connectivity index (χ2n) is 5.26. The van der Waals surface area contributed by atoms with Gasteiger partial charge in [0.05, 0.1) is 13.2 Å². The predicted octanol–water partition coefficient (Wildman–Crippen LogP) is 4.13. The SMILES string of the molecule is COc1ccccc1/C=C/C(=O)Nc1ccc(OC(C)C)cc1. The van der Waals surface area contributed by atoms with Crippen LogP contribution in [-0.2, 0) is 4.79 Å². The standard InChI is InChI=1S/C19H21NO3/c1-14(2)23-17-11-9-16(10-12-17)20-19(21)13-8-15-6-4-5-7-18(15)22-3/h4-14H,1-3H3,(H,20,21)/b13-8+. The third-order valence-electron chi connectivity index (χ3n) is 3.05. The molecule has 0 aliphatic heterocycles. The number of ether oxygens (including phenoxy) is 2. The Hall–Kier alpha value is -2.75. The van der Waals surface area contributed by atoms with E-state index in [4.69, 9.17) is 9.47 Å². The Morgan fingerprint density at radius 2 is 1.78 bits per heavy atom. The summed E-state index contributed by atoms with van der Waals surface area (Å²) in [6.07, 6.45) is 3.33. The van der Waals surface area contributed by atoms with Gasteiger partial charge in [-0.15, -0.1) is 0 Å². The summed E-state index contributed by atoms with van der Waals surface area (Å²) in [5, 5.41) is 2.81. The number of anilines is 1. The fourth-order valence-corrected chi connectivity index (χ4v) is 2.04. The molecule has 23 heavy (non-hydrogen) atoms. The fraction of sp³-hybridized carbons (Fsp3) is 0.211. The first kappa shape index (κ1) is 16.6. The van der Waals surface area contributed by atoms with E-state index in [9.17, 15) is 4.79 Å². The Balaban J connectivity index is 1.97. The molecule has 0 bridgehead atoms. The van der Waals surface area contributed by atoms with Crippen molar-refractivity contribution in [2.24, 2.45) is 0 Å². The predicted molar refractivity (Wildman–Crippen MR) is 92.9 cm³/mol. The third kappa shape index (κ3) is 5.18. The summed E-state index contributed by atoms with van der Waals surface area (Å²) in [4.78, 5) is 12.0. The molecule has 2 rings (SSSR count). The number of amides is 1. The van der Waals surface area contributed by atoms with Crippen LogP contribution in [0.15, 0.2) is 54.6 Å². The molecule has 0 saturated carbocycles. The molecule has 1 amide bonds. The van der Waals surface area contributed by atoms with Crippen LogP contribution in [0.3, 0.4) is 0 Å². The van der Waals surface area contributed by atoms with Gasteiger partial charge in [0.2, 0.25) is 5.91 Å². The zero-order chi connectivity index (χ0) is 16.7. The van der Waals surface area contributed by atoms with Gasteiger partial charge in [0.1, 0.15) is 11.5 Å². The molecule has 4 heteroatoms. The summed E-state index contributed by atoms with van der Waals surface area (Å²) < 4.78 is 10.8. The van der Waals surface area contributed by atoms with Crippen LogP contribution in [-0.4, -0.2) is 19.1 Å². The molecule has 0 aromatic heterocycles. The molecule has 0 atom stereocenters. The van der Waals surface area contributed by atoms with Gasteiger partial charge < -0.3 is 14.8 Å². The minimum Gasteiger partial charge on any atom is -0.496 e. The second-order valence-corrected chi connectivity index (χ2v) is 5.26. The number of rotatable bonds is 6. The van der Waals surface area contributed by atoms with E-state index in [1.54, 1.807) is 13.2 Å². The van der Waals surface area contributed by atoms with Crippen LogP contribution in [0, 0.1) is 0 Å². The van der Waals surface area contributed by atoms with Gasteiger partial charge in [0, 0.05) is 17.3 Å². The highest BCUT2D eigenvalue weighted by Crippen LogP contribution is 2.19. The molecule has 0 fully saturated rings. The van der Waals surface area contributed by atoms with Gasteiger partial charge in [-0.05, 0) is 50.3 Å². The van der Waals surface area contributed by atoms with Gasteiger partial charge in [0.25, 0.3) is 0 Å². The van der Waals surface area contributed by atoms with Gasteiger partial charge in [-0.1, -0.05) is 18.2 Å². The van der Waals surface area contributed by atoms with Gasteiger partial charge >= 0.3 is 0 Å². The lowest BCUT2D eigenvalue weighted by atomic mass is 10.2. The maximum Gasteiger partial charge on any atom is 0.248 e. The highest BCUT2D eigenvalue weighted by atomic mass is 16.5. The number of carbonyl (C=O) groups is 1. The van der Waals surface area contributed by atoms with Crippen molar-refractivity contribution in [1.29, 1.82) is 0 Å². The summed E-state index contributed by atoms with van der Waals surface area (Å²) >= 11 is 0. The highest BCUT2D eigenvalue weighted by Gasteiger charge is 2.02. The van der Waals surface area contributed by atoms with Crippen LogP contribution in [0.1, 0.15) is 19.4 Å². The van der Waals surface area contributed by atoms with E-state index in [0.717, 1.165) is 22.7 Å². The molecule has 0 unspecified atom stereocenters. The van der Waals surface area contributed by atoms with E-state index < -0.39 is 0 Å². The highest BCUT2D eigenvalue weighted by molar-refractivity contribution is 6.02. The second kappa shape index (κ2) is 8.03. The number of carbonyl (C=O) groups excluding carboxylic acids is 1. The first-order chi connectivity index (χ1) is 11.1. The Morgan fingerprint density at radius 3 is 2.43 bits per heavy atom. The molecule has 0 radical (unpaired) electrons. The molecule has 1 N–H and O–H groups in total. The lowest BCUT2D eigenvalue weighted by Gasteiger charge is -2.10. The van der Waals surface area contributed by atoms with Gasteiger partial charge in [0.15, 0.2) is 0 Å². The van der Waals surface area contributed by atoms with Crippen molar-refractivity contribution in [2.75, 3.05) is 12.4 Å². The molecule has 2 aromatic rings. The summed E-state index contributed by atoms with van der Waals surface area (Å²) in [5.41, 5.74) is 1.57. The first-order valence-electron chi connectivity index (χ1n) is 7.47. The number of nitrogens with one attached hydrogen (secondary N) is 1. The quantitative estimate of drug-likeness (QED) is 0.816. The van der Waals surface area contributed by atoms with E-state index in [1.807, 2.05) is 62.4 Å². The minimum absolute atomic E-state index is 0.124. The van der Waals surface area contributed by atoms with Gasteiger partial charge in [-0.3, -0.25) is 4.79 Å². The van der Waals surface area contributed by atoms with Crippen LogP contribution in [0.5, 0.6) is 11.5 Å². The summed E-state index contributed by atoms with van der Waals surface area (Å²) in [6.45, 7) is 3.94. The Bertz CT molecular complexity index is 675. The van der Waals surface area contributed by atoms with Crippen molar-refractivity contribution in [3.63, 3.8) is 0 Å². The van der Waals surface area contributed by atoms with Gasteiger partial charge in [-0.2, -0.15) is 0 Å². The van der Waals surface area contributed by atoms with E-state index >= 15 is 0 Å². The van der Waals surface area contributed by atoms with E-state index in [-0.39, 0.29) is 12.0 Å². The molecule has 0 aliphatic rings. The molecule has 4 nitrogen and oxygen atoms in total. The van der Waals surface area contributed by atoms with Crippen molar-refractivity contribution in [2.45, 2.75) is 20.0 Å². The van der Waals surface area contributed by atoms with E-state index in [1.165, 1.54) is 6.08 Å². The molecular weight excluding hydrogens is 290 g/mol. The summed E-state index contributed by atoms with van der Waals surface area (Å²) in [5.74, 6) is 1.31. The van der Waals surface area contributed by atoms with Crippen LogP contribution in [0.4, 0.5) is 5.69 Å². The largest absolute Gasteiger partial charge is 0.496 e. The summed E-state index contributed by atoms with van der Waals surface area (Å²) in [6, 6.07) is 14.8. The fourth-order valence-electron chi connectivity index (χ4n) is 2.04. The monoisotopic (exact) mass is 311 g/mol. The van der Waals surface area contributed by atoms with Crippen LogP contribution in [0.2, 0.25) is 0 Å². The smallest absolute Gasteiger partial charge is 0.248 e. The molecule has 2 aromatic carbocycles. The third-order valence-corrected chi connectivity index (χ3v) is 3.05. The van der Waals surface area contributed by atoms with Crippen LogP contribution < -0.4 is 14.8 Å². The molecule has 120 valence electrons. The zero-order valence-corrected chi connectivity index (χ0v) is 13.6. The number of benzene rings is 2. The maximum atomic E-state index is 12.0. The maximum absolute atomic E-state index is 12.0. The van der Waals surface area contributed by atoms with E-state index in [0.29, 0.717) is 0 Å². The number of methoxy groups -OCH3 is 1. The normalized spacial score (nSPS) is 10.8. The molecule has 0 heterocycles. The molecule has 0 saturated heterocycles. The van der Waals surface area contributed by atoms with Crippen molar-refractivity contribution < 1.29 is 14.3 Å². The topological polar surface area (TPSA) is 47.6 Å². The number of hydrogen-bond donors (Lipinski definition) is 1. The van der Waals surface area contributed by atoms with Crippen molar-refractivity contribution in [3.8, 4) is 11.5 Å². The molecule has 0 aliphatic carbocycles.